The lowest BCUT2D eigenvalue weighted by Crippen LogP contribution is -2.17. The van der Waals surface area contributed by atoms with Crippen molar-refractivity contribution in [3.05, 3.63) is 67.7 Å². The van der Waals surface area contributed by atoms with Crippen molar-refractivity contribution in [3.63, 3.8) is 0 Å². The van der Waals surface area contributed by atoms with Gasteiger partial charge in [0, 0.05) is 17.7 Å². The van der Waals surface area contributed by atoms with Crippen molar-refractivity contribution >= 4 is 41.0 Å². The summed E-state index contributed by atoms with van der Waals surface area (Å²) in [6, 6.07) is 8.36. The van der Waals surface area contributed by atoms with Gasteiger partial charge in [-0.05, 0) is 36.8 Å². The zero-order chi connectivity index (χ0) is 18.4. The van der Waals surface area contributed by atoms with Crippen molar-refractivity contribution in [1.29, 1.82) is 0 Å². The second-order valence-corrected chi connectivity index (χ2v) is 5.56. The van der Waals surface area contributed by atoms with Gasteiger partial charge in [0.25, 0.3) is 11.6 Å². The Morgan fingerprint density at radius 1 is 1.28 bits per heavy atom. The van der Waals surface area contributed by atoms with Crippen molar-refractivity contribution in [2.45, 2.75) is 6.92 Å². The maximum atomic E-state index is 11.9. The Morgan fingerprint density at radius 2 is 1.88 bits per heavy atom. The van der Waals surface area contributed by atoms with E-state index in [1.54, 1.807) is 12.1 Å². The molecule has 0 aliphatic heterocycles. The predicted octanol–water partition coefficient (Wildman–Crippen LogP) is 4.06. The number of nitrogens with one attached hydrogen (secondary N) is 1. The third-order valence-corrected chi connectivity index (χ3v) is 3.59. The maximum absolute atomic E-state index is 11.9. The fourth-order valence-corrected chi connectivity index (χ4v) is 2.51. The van der Waals surface area contributed by atoms with E-state index >= 15 is 0 Å². The van der Waals surface area contributed by atoms with Crippen molar-refractivity contribution in [3.8, 4) is 5.75 Å². The molecule has 1 amide bonds. The number of carbonyl (C=O) groups is 1. The number of non-ortho nitro benzene ring substituents is 1. The Morgan fingerprint density at radius 3 is 2.40 bits per heavy atom. The second kappa shape index (κ2) is 8.46. The van der Waals surface area contributed by atoms with Gasteiger partial charge in [0.1, 0.15) is 0 Å². The van der Waals surface area contributed by atoms with E-state index in [9.17, 15) is 14.9 Å². The first-order valence-electron chi connectivity index (χ1n) is 7.12. The van der Waals surface area contributed by atoms with Gasteiger partial charge >= 0.3 is 0 Å². The van der Waals surface area contributed by atoms with Gasteiger partial charge in [-0.15, -0.1) is 0 Å². The number of rotatable bonds is 6. The van der Waals surface area contributed by atoms with Gasteiger partial charge in [0.2, 0.25) is 0 Å². The minimum Gasteiger partial charge on any atom is -0.491 e. The molecule has 25 heavy (non-hydrogen) atoms. The Hall–Kier alpha value is -2.64. The quantitative estimate of drug-likeness (QED) is 0.463. The molecule has 0 aliphatic carbocycles. The molecule has 1 N–H and O–H groups in total. The summed E-state index contributed by atoms with van der Waals surface area (Å²) in [7, 11) is 0. The molecule has 0 fully saturated rings. The summed E-state index contributed by atoms with van der Waals surface area (Å²) < 4.78 is 5.32. The zero-order valence-corrected chi connectivity index (χ0v) is 14.5. The van der Waals surface area contributed by atoms with Crippen LogP contribution in [0.3, 0.4) is 0 Å². The molecule has 130 valence electrons. The number of nitro groups is 1. The van der Waals surface area contributed by atoms with Crippen molar-refractivity contribution in [1.82, 2.24) is 5.43 Å². The van der Waals surface area contributed by atoms with E-state index in [0.717, 1.165) is 0 Å². The number of nitro benzene ring substituents is 1. The maximum Gasteiger partial charge on any atom is 0.271 e. The molecule has 0 bridgehead atoms. The molecule has 7 nitrogen and oxygen atoms in total. The summed E-state index contributed by atoms with van der Waals surface area (Å²) in [5.41, 5.74) is 3.03. The Bertz CT molecular complexity index is 800. The van der Waals surface area contributed by atoms with Crippen molar-refractivity contribution < 1.29 is 14.5 Å². The van der Waals surface area contributed by atoms with Crippen molar-refractivity contribution in [2.24, 2.45) is 5.10 Å². The molecule has 2 aromatic rings. The first-order valence-corrected chi connectivity index (χ1v) is 7.87. The zero-order valence-electron chi connectivity index (χ0n) is 13.0. The normalized spacial score (nSPS) is 10.7. The van der Waals surface area contributed by atoms with E-state index < -0.39 is 10.8 Å². The van der Waals surface area contributed by atoms with Gasteiger partial charge in [-0.3, -0.25) is 14.9 Å². The molecule has 0 aliphatic rings. The Kier molecular flexibility index (Phi) is 6.32. The average Bonchev–Trinajstić information content (AvgIpc) is 2.58. The van der Waals surface area contributed by atoms with E-state index in [0.29, 0.717) is 28.0 Å². The van der Waals surface area contributed by atoms with E-state index in [4.69, 9.17) is 27.9 Å². The number of hydrogen-bond donors (Lipinski definition) is 1. The van der Waals surface area contributed by atoms with Crippen LogP contribution in [0.4, 0.5) is 5.69 Å². The molecular weight excluding hydrogens is 369 g/mol. The number of halogens is 2. The van der Waals surface area contributed by atoms with Crippen LogP contribution in [0, 0.1) is 10.1 Å². The van der Waals surface area contributed by atoms with Crippen molar-refractivity contribution in [2.75, 3.05) is 6.61 Å². The number of carbonyl (C=O) groups excluding carboxylic acids is 1. The first-order chi connectivity index (χ1) is 11.9. The van der Waals surface area contributed by atoms with Gasteiger partial charge < -0.3 is 4.74 Å². The van der Waals surface area contributed by atoms with E-state index in [2.05, 4.69) is 10.5 Å². The molecule has 0 aromatic heterocycles. The molecule has 0 radical (unpaired) electrons. The highest BCUT2D eigenvalue weighted by atomic mass is 35.5. The van der Waals surface area contributed by atoms with E-state index in [1.165, 1.54) is 30.5 Å². The van der Waals surface area contributed by atoms with Gasteiger partial charge in [0.05, 0.1) is 27.8 Å². The lowest BCUT2D eigenvalue weighted by atomic mass is 10.2. The number of benzene rings is 2. The lowest BCUT2D eigenvalue weighted by Gasteiger charge is -2.08. The predicted molar refractivity (Wildman–Crippen MR) is 95.8 cm³/mol. The van der Waals surface area contributed by atoms with Crippen LogP contribution in [-0.2, 0) is 0 Å². The molecule has 0 unspecified atom stereocenters. The Balaban J connectivity index is 2.05. The molecule has 0 saturated heterocycles. The van der Waals surface area contributed by atoms with Crippen LogP contribution in [0.2, 0.25) is 10.0 Å². The highest BCUT2D eigenvalue weighted by Crippen LogP contribution is 2.33. The fourth-order valence-electron chi connectivity index (χ4n) is 1.90. The summed E-state index contributed by atoms with van der Waals surface area (Å²) in [4.78, 5) is 22.0. The summed E-state index contributed by atoms with van der Waals surface area (Å²) >= 11 is 12.2. The number of hydrazone groups is 1. The second-order valence-electron chi connectivity index (χ2n) is 4.75. The smallest absolute Gasteiger partial charge is 0.271 e. The Labute approximate surface area is 153 Å². The first kappa shape index (κ1) is 18.7. The highest BCUT2D eigenvalue weighted by molar-refractivity contribution is 6.37. The standard InChI is InChI=1S/C16H13Cl2N3O4/c1-2-25-15-13(17)7-10(8-14(15)18)9-19-20-16(22)11-3-5-12(6-4-11)21(23)24/h3-9H,2H2,1H3,(H,20,22)/b19-9+. The SMILES string of the molecule is CCOc1c(Cl)cc(/C=N/NC(=O)c2ccc([N+](=O)[O-])cc2)cc1Cl. The third kappa shape index (κ3) is 4.91. The van der Waals surface area contributed by atoms with Crippen LogP contribution >= 0.6 is 23.2 Å². The minimum absolute atomic E-state index is 0.0984. The van der Waals surface area contributed by atoms with Gasteiger partial charge in [-0.2, -0.15) is 5.10 Å². The molecule has 0 saturated carbocycles. The van der Waals surface area contributed by atoms with Crippen LogP contribution < -0.4 is 10.2 Å². The van der Waals surface area contributed by atoms with Crippen LogP contribution in [0.25, 0.3) is 0 Å². The van der Waals surface area contributed by atoms with Gasteiger partial charge in [-0.25, -0.2) is 5.43 Å². The largest absolute Gasteiger partial charge is 0.491 e. The monoisotopic (exact) mass is 381 g/mol. The lowest BCUT2D eigenvalue weighted by molar-refractivity contribution is -0.384. The number of amides is 1. The number of nitrogens with zero attached hydrogens (tertiary/aromatic N) is 2. The van der Waals surface area contributed by atoms with Crippen LogP contribution in [0.1, 0.15) is 22.8 Å². The van der Waals surface area contributed by atoms with Crippen LogP contribution in [-0.4, -0.2) is 23.7 Å². The summed E-state index contributed by atoms with van der Waals surface area (Å²) in [6.45, 7) is 2.24. The molecule has 2 rings (SSSR count). The molecule has 9 heteroatoms. The summed E-state index contributed by atoms with van der Waals surface area (Å²) in [5, 5.41) is 15.1. The summed E-state index contributed by atoms with van der Waals surface area (Å²) in [6.07, 6.45) is 1.37. The molecule has 0 spiro atoms. The van der Waals surface area contributed by atoms with Crippen LogP contribution in [0.5, 0.6) is 5.75 Å². The topological polar surface area (TPSA) is 93.8 Å². The molecule has 2 aromatic carbocycles. The van der Waals surface area contributed by atoms with Gasteiger partial charge in [0.15, 0.2) is 5.75 Å². The minimum atomic E-state index is -0.542. The molecule has 0 atom stereocenters. The van der Waals surface area contributed by atoms with E-state index in [1.807, 2.05) is 6.92 Å². The van der Waals surface area contributed by atoms with E-state index in [-0.39, 0.29) is 11.3 Å². The number of ether oxygens (including phenoxy) is 1. The van der Waals surface area contributed by atoms with Crippen LogP contribution in [0.15, 0.2) is 41.5 Å². The molecular formula is C16H13Cl2N3O4. The highest BCUT2D eigenvalue weighted by Gasteiger charge is 2.10. The van der Waals surface area contributed by atoms with Gasteiger partial charge in [-0.1, -0.05) is 23.2 Å². The fraction of sp³-hybridized carbons (Fsp3) is 0.125. The molecule has 0 heterocycles. The average molecular weight is 382 g/mol. The summed E-state index contributed by atoms with van der Waals surface area (Å²) in [5.74, 6) is -0.118. The number of hydrogen-bond acceptors (Lipinski definition) is 5. The third-order valence-electron chi connectivity index (χ3n) is 3.03.